The Kier molecular flexibility index (Phi) is 9.92. The Hall–Kier alpha value is -1.42. The van der Waals surface area contributed by atoms with Gasteiger partial charge in [-0.3, -0.25) is 4.79 Å². The molecule has 2 atom stereocenters. The van der Waals surface area contributed by atoms with Crippen LogP contribution in [0.3, 0.4) is 0 Å². The summed E-state index contributed by atoms with van der Waals surface area (Å²) in [6.45, 7) is 13.4. The Morgan fingerprint density at radius 1 is 0.649 bits per heavy atom. The molecule has 4 fully saturated rings. The van der Waals surface area contributed by atoms with Crippen LogP contribution in [0.2, 0.25) is 0 Å². The van der Waals surface area contributed by atoms with Gasteiger partial charge in [-0.1, -0.05) is 27.7 Å². The zero-order valence-corrected chi connectivity index (χ0v) is 23.8. The minimum absolute atomic E-state index is 0.108. The first kappa shape index (κ1) is 30.1. The van der Waals surface area contributed by atoms with Crippen LogP contribution >= 0.6 is 0 Å². The van der Waals surface area contributed by atoms with Crippen molar-refractivity contribution in [2.75, 3.05) is 33.4 Å². The van der Waals surface area contributed by atoms with Crippen LogP contribution < -0.4 is 0 Å². The van der Waals surface area contributed by atoms with Crippen LogP contribution in [0.5, 0.6) is 0 Å². The third kappa shape index (κ3) is 7.16. The minimum Gasteiger partial charge on any atom is -0.458 e. The van der Waals surface area contributed by atoms with Crippen molar-refractivity contribution in [3.05, 3.63) is 0 Å². The van der Waals surface area contributed by atoms with Crippen LogP contribution in [-0.4, -0.2) is 67.9 Å². The van der Waals surface area contributed by atoms with Crippen molar-refractivity contribution in [3.8, 4) is 0 Å². The maximum atomic E-state index is 13.4. The lowest BCUT2D eigenvalue weighted by Crippen LogP contribution is -2.74. The summed E-state index contributed by atoms with van der Waals surface area (Å²) in [7, 11) is 0. The summed E-state index contributed by atoms with van der Waals surface area (Å²) in [5.41, 5.74) is -3.98. The fourth-order valence-electron chi connectivity index (χ4n) is 6.41. The van der Waals surface area contributed by atoms with E-state index in [1.807, 2.05) is 41.5 Å². The maximum absolute atomic E-state index is 13.4. The van der Waals surface area contributed by atoms with E-state index in [9.17, 15) is 9.59 Å². The largest absolute Gasteiger partial charge is 0.508 e. The molecule has 0 aromatic heterocycles. The standard InChI is InChI=1S/C28H48O9/c1-7-11-31-20-34-25-14-26(35-21-32-12-8-2)16-27(15-25,36-22(29)24(5,6)10-4)19-28(17-25,18-26)37-23(30)33-13-9-3/h7-21H2,1-6H3. The first-order valence-corrected chi connectivity index (χ1v) is 14.0. The molecule has 4 saturated carbocycles. The van der Waals surface area contributed by atoms with Gasteiger partial charge >= 0.3 is 12.1 Å². The molecular weight excluding hydrogens is 480 g/mol. The molecule has 4 rings (SSSR count). The number of hydrogen-bond donors (Lipinski definition) is 0. The van der Waals surface area contributed by atoms with Crippen molar-refractivity contribution >= 4 is 12.1 Å². The fraction of sp³-hybridized carbons (Fsp3) is 0.929. The molecule has 9 nitrogen and oxygen atoms in total. The van der Waals surface area contributed by atoms with Crippen molar-refractivity contribution in [1.29, 1.82) is 0 Å². The first-order chi connectivity index (χ1) is 17.5. The molecule has 9 heteroatoms. The molecule has 0 aromatic carbocycles. The molecule has 214 valence electrons. The molecule has 0 amide bonds. The van der Waals surface area contributed by atoms with E-state index in [2.05, 4.69) is 0 Å². The normalized spacial score (nSPS) is 32.4. The van der Waals surface area contributed by atoms with E-state index in [1.54, 1.807) is 0 Å². The number of rotatable bonds is 16. The van der Waals surface area contributed by atoms with Gasteiger partial charge in [-0.25, -0.2) is 4.79 Å². The third-order valence-electron chi connectivity index (χ3n) is 7.93. The van der Waals surface area contributed by atoms with Gasteiger partial charge in [-0.2, -0.15) is 0 Å². The molecule has 0 heterocycles. The molecule has 0 aliphatic heterocycles. The highest BCUT2D eigenvalue weighted by molar-refractivity contribution is 5.76. The number of carbonyl (C=O) groups is 2. The smallest absolute Gasteiger partial charge is 0.458 e. The third-order valence-corrected chi connectivity index (χ3v) is 7.93. The highest BCUT2D eigenvalue weighted by Crippen LogP contribution is 2.65. The van der Waals surface area contributed by atoms with Gasteiger partial charge in [0.2, 0.25) is 0 Å². The summed E-state index contributed by atoms with van der Waals surface area (Å²) >= 11 is 0. The predicted octanol–water partition coefficient (Wildman–Crippen LogP) is 5.67. The minimum atomic E-state index is -0.953. The zero-order valence-electron chi connectivity index (χ0n) is 23.8. The monoisotopic (exact) mass is 528 g/mol. The first-order valence-electron chi connectivity index (χ1n) is 14.0. The van der Waals surface area contributed by atoms with Crippen molar-refractivity contribution in [3.63, 3.8) is 0 Å². The molecule has 0 aromatic rings. The van der Waals surface area contributed by atoms with Gasteiger partial charge in [0.05, 0.1) is 23.2 Å². The number of carbonyl (C=O) groups excluding carboxylic acids is 2. The van der Waals surface area contributed by atoms with Gasteiger partial charge in [-0.15, -0.1) is 0 Å². The average Bonchev–Trinajstić information content (AvgIpc) is 2.82. The second kappa shape index (κ2) is 12.2. The Labute approximate surface area is 222 Å². The van der Waals surface area contributed by atoms with Gasteiger partial charge in [-0.05, 0) is 39.5 Å². The summed E-state index contributed by atoms with van der Waals surface area (Å²) in [5.74, 6) is -0.268. The van der Waals surface area contributed by atoms with E-state index >= 15 is 0 Å². The van der Waals surface area contributed by atoms with Gasteiger partial charge in [0.25, 0.3) is 0 Å². The lowest BCUT2D eigenvalue weighted by Gasteiger charge is -2.67. The summed E-state index contributed by atoms with van der Waals surface area (Å²) in [4.78, 5) is 26.1. The Bertz CT molecular complexity index is 752. The summed E-state index contributed by atoms with van der Waals surface area (Å²) in [5, 5.41) is 0. The number of hydrogen-bond acceptors (Lipinski definition) is 9. The molecule has 4 bridgehead atoms. The predicted molar refractivity (Wildman–Crippen MR) is 136 cm³/mol. The van der Waals surface area contributed by atoms with Crippen LogP contribution in [0, 0.1) is 5.41 Å². The van der Waals surface area contributed by atoms with Crippen molar-refractivity contribution in [1.82, 2.24) is 0 Å². The van der Waals surface area contributed by atoms with Gasteiger partial charge in [0.15, 0.2) is 0 Å². The molecule has 4 aliphatic carbocycles. The van der Waals surface area contributed by atoms with E-state index in [4.69, 9.17) is 33.2 Å². The molecule has 4 aliphatic rings. The Morgan fingerprint density at radius 3 is 1.54 bits per heavy atom. The average molecular weight is 529 g/mol. The van der Waals surface area contributed by atoms with E-state index in [-0.39, 0.29) is 26.2 Å². The van der Waals surface area contributed by atoms with Crippen LogP contribution in [0.25, 0.3) is 0 Å². The van der Waals surface area contributed by atoms with Crippen LogP contribution in [0.1, 0.15) is 106 Å². The van der Waals surface area contributed by atoms with Crippen molar-refractivity contribution < 1.29 is 42.7 Å². The lowest BCUT2D eigenvalue weighted by molar-refractivity contribution is -0.339. The topological polar surface area (TPSA) is 98.8 Å². The van der Waals surface area contributed by atoms with Crippen LogP contribution in [-0.2, 0) is 38.0 Å². The second-order valence-electron chi connectivity index (χ2n) is 12.0. The summed E-state index contributed by atoms with van der Waals surface area (Å²) < 4.78 is 42.0. The highest BCUT2D eigenvalue weighted by Gasteiger charge is 2.73. The van der Waals surface area contributed by atoms with Gasteiger partial charge in [0, 0.05) is 51.7 Å². The summed E-state index contributed by atoms with van der Waals surface area (Å²) in [6.07, 6.45) is 5.27. The quantitative estimate of drug-likeness (QED) is 0.143. The Balaban J connectivity index is 1.96. The molecule has 0 saturated heterocycles. The maximum Gasteiger partial charge on any atom is 0.508 e. The zero-order chi connectivity index (χ0) is 27.2. The highest BCUT2D eigenvalue weighted by atomic mass is 16.7. The van der Waals surface area contributed by atoms with Crippen molar-refractivity contribution in [2.45, 2.75) is 128 Å². The lowest BCUT2D eigenvalue weighted by atomic mass is 9.48. The number of ether oxygens (including phenoxy) is 7. The van der Waals surface area contributed by atoms with E-state index in [1.165, 1.54) is 0 Å². The van der Waals surface area contributed by atoms with E-state index < -0.39 is 34.0 Å². The summed E-state index contributed by atoms with van der Waals surface area (Å²) in [6, 6.07) is 0. The second-order valence-corrected chi connectivity index (χ2v) is 12.0. The molecule has 2 unspecified atom stereocenters. The molecule has 0 radical (unpaired) electrons. The van der Waals surface area contributed by atoms with Crippen LogP contribution in [0.15, 0.2) is 0 Å². The molecule has 0 N–H and O–H groups in total. The molecule has 37 heavy (non-hydrogen) atoms. The van der Waals surface area contributed by atoms with Crippen LogP contribution in [0.4, 0.5) is 4.79 Å². The number of esters is 1. The van der Waals surface area contributed by atoms with Gasteiger partial charge < -0.3 is 33.2 Å². The van der Waals surface area contributed by atoms with Crippen molar-refractivity contribution in [2.24, 2.45) is 5.41 Å². The van der Waals surface area contributed by atoms with E-state index in [0.29, 0.717) is 64.6 Å². The SMILES string of the molecule is CCCOCOC12CC3(OCOCCC)CC(OC(=O)OCCC)(C1)CC(OC(=O)C(C)(C)CC)(C2)C3. The fourth-order valence-corrected chi connectivity index (χ4v) is 6.41. The van der Waals surface area contributed by atoms with Gasteiger partial charge in [0.1, 0.15) is 24.8 Å². The molecular formula is C28H48O9. The van der Waals surface area contributed by atoms with E-state index in [0.717, 1.165) is 12.8 Å². The Morgan fingerprint density at radius 2 is 1.08 bits per heavy atom. The molecule has 0 spiro atoms.